The summed E-state index contributed by atoms with van der Waals surface area (Å²) in [6.07, 6.45) is 2.11. The molecule has 4 rings (SSSR count). The van der Waals surface area contributed by atoms with Gasteiger partial charge in [-0.15, -0.1) is 11.3 Å². The maximum atomic E-state index is 13.2. The van der Waals surface area contributed by atoms with Gasteiger partial charge in [-0.3, -0.25) is 9.69 Å². The molecule has 0 unspecified atom stereocenters. The molecule has 0 saturated carbocycles. The molecule has 182 valence electrons. The second-order valence-corrected chi connectivity index (χ2v) is 11.4. The van der Waals surface area contributed by atoms with E-state index in [1.54, 1.807) is 17.9 Å². The Bertz CT molecular complexity index is 1120. The molecule has 2 aromatic heterocycles. The van der Waals surface area contributed by atoms with Gasteiger partial charge in [-0.1, -0.05) is 6.92 Å². The average Bonchev–Trinajstić information content (AvgIpc) is 3.50. The van der Waals surface area contributed by atoms with E-state index >= 15 is 0 Å². The minimum Gasteiger partial charge on any atom is -0.378 e. The summed E-state index contributed by atoms with van der Waals surface area (Å²) in [6, 6.07) is 1.91. The number of aromatic nitrogens is 2. The Labute approximate surface area is 199 Å². The number of nitrogens with one attached hydrogen (secondary N) is 1. The predicted molar refractivity (Wildman–Crippen MR) is 128 cm³/mol. The molecular weight excluding hydrogens is 462 g/mol. The normalized spacial score (nSPS) is 20.0. The van der Waals surface area contributed by atoms with Crippen LogP contribution in [-0.2, 0) is 21.8 Å². The van der Waals surface area contributed by atoms with Crippen LogP contribution < -0.4 is 4.72 Å². The van der Waals surface area contributed by atoms with Crippen molar-refractivity contribution in [1.29, 1.82) is 0 Å². The Kier molecular flexibility index (Phi) is 7.25. The van der Waals surface area contributed by atoms with Gasteiger partial charge >= 0.3 is 0 Å². The highest BCUT2D eigenvalue weighted by molar-refractivity contribution is 7.89. The number of carbonyl (C=O) groups excluding carboxylic acids is 1. The number of rotatable bonds is 7. The molecule has 33 heavy (non-hydrogen) atoms. The van der Waals surface area contributed by atoms with E-state index in [0.29, 0.717) is 59.8 Å². The van der Waals surface area contributed by atoms with Gasteiger partial charge < -0.3 is 14.2 Å². The Balaban J connectivity index is 1.56. The number of ether oxygens (including phenoxy) is 1. The molecule has 11 heteroatoms. The molecule has 2 aliphatic rings. The SMILES string of the molecule is CCN1CCC[C@@H]1CNS(=O)(=O)c1cc(-c2nc(C)c(C(=O)N3CCOCC3)s2)n(C)c1C. The van der Waals surface area contributed by atoms with Gasteiger partial charge in [0.1, 0.15) is 14.8 Å². The van der Waals surface area contributed by atoms with Gasteiger partial charge in [0.05, 0.1) is 24.6 Å². The molecule has 2 aliphatic heterocycles. The number of likely N-dealkylation sites (tertiary alicyclic amines) is 1. The van der Waals surface area contributed by atoms with Crippen molar-refractivity contribution in [2.45, 2.75) is 44.6 Å². The highest BCUT2D eigenvalue weighted by Crippen LogP contribution is 2.33. The van der Waals surface area contributed by atoms with Crippen molar-refractivity contribution < 1.29 is 17.9 Å². The molecule has 0 radical (unpaired) electrons. The largest absolute Gasteiger partial charge is 0.378 e. The topological polar surface area (TPSA) is 96.8 Å². The van der Waals surface area contributed by atoms with Gasteiger partial charge in [0, 0.05) is 38.4 Å². The van der Waals surface area contributed by atoms with Crippen molar-refractivity contribution in [1.82, 2.24) is 24.1 Å². The lowest BCUT2D eigenvalue weighted by atomic mass is 10.2. The molecule has 1 amide bonds. The number of hydrogen-bond donors (Lipinski definition) is 1. The highest BCUT2D eigenvalue weighted by atomic mass is 32.2. The third-order valence-electron chi connectivity index (χ3n) is 6.70. The zero-order valence-electron chi connectivity index (χ0n) is 19.8. The minimum absolute atomic E-state index is 0.0444. The quantitative estimate of drug-likeness (QED) is 0.631. The van der Waals surface area contributed by atoms with Crippen LogP contribution in [0.5, 0.6) is 0 Å². The molecule has 0 aliphatic carbocycles. The standard InChI is InChI=1S/C22H33N5O4S2/c1-5-26-8-6-7-17(26)14-23-33(29,30)19-13-18(25(4)16(19)3)21-24-15(2)20(32-21)22(28)27-9-11-31-12-10-27/h13,17,23H,5-12,14H2,1-4H3/t17-/m1/s1. The van der Waals surface area contributed by atoms with Crippen molar-refractivity contribution in [2.75, 3.05) is 45.9 Å². The van der Waals surface area contributed by atoms with Gasteiger partial charge in [-0.25, -0.2) is 18.1 Å². The second kappa shape index (κ2) is 9.83. The molecule has 9 nitrogen and oxygen atoms in total. The summed E-state index contributed by atoms with van der Waals surface area (Å²) in [5.74, 6) is -0.0444. The Morgan fingerprint density at radius 1 is 1.27 bits per heavy atom. The number of nitrogens with zero attached hydrogens (tertiary/aromatic N) is 4. The lowest BCUT2D eigenvalue weighted by Gasteiger charge is -2.26. The van der Waals surface area contributed by atoms with Gasteiger partial charge in [0.2, 0.25) is 10.0 Å². The summed E-state index contributed by atoms with van der Waals surface area (Å²) in [5.41, 5.74) is 2.00. The zero-order chi connectivity index (χ0) is 23.8. The molecule has 0 aromatic carbocycles. The van der Waals surface area contributed by atoms with E-state index in [4.69, 9.17) is 4.74 Å². The first kappa shape index (κ1) is 24.3. The maximum Gasteiger partial charge on any atom is 0.266 e. The number of sulfonamides is 1. The molecule has 4 heterocycles. The third kappa shape index (κ3) is 4.88. The molecule has 2 fully saturated rings. The fourth-order valence-electron chi connectivity index (χ4n) is 4.59. The van der Waals surface area contributed by atoms with Crippen LogP contribution in [0.3, 0.4) is 0 Å². The number of aryl methyl sites for hydroxylation is 1. The van der Waals surface area contributed by atoms with Crippen LogP contribution in [0.2, 0.25) is 0 Å². The van der Waals surface area contributed by atoms with Crippen molar-refractivity contribution in [2.24, 2.45) is 7.05 Å². The molecular formula is C22H33N5O4S2. The van der Waals surface area contributed by atoms with E-state index in [0.717, 1.165) is 25.9 Å². The van der Waals surface area contributed by atoms with E-state index in [9.17, 15) is 13.2 Å². The van der Waals surface area contributed by atoms with Crippen molar-refractivity contribution >= 4 is 27.3 Å². The number of hydrogen-bond acceptors (Lipinski definition) is 7. The number of amides is 1. The molecule has 1 atom stereocenters. The monoisotopic (exact) mass is 495 g/mol. The van der Waals surface area contributed by atoms with Crippen LogP contribution in [0.1, 0.15) is 40.8 Å². The Hall–Kier alpha value is -1.79. The lowest BCUT2D eigenvalue weighted by molar-refractivity contribution is 0.0305. The van der Waals surface area contributed by atoms with Crippen LogP contribution in [0.4, 0.5) is 0 Å². The van der Waals surface area contributed by atoms with Crippen molar-refractivity contribution in [3.05, 3.63) is 22.3 Å². The van der Waals surface area contributed by atoms with Gasteiger partial charge in [-0.05, 0) is 45.8 Å². The van der Waals surface area contributed by atoms with E-state index in [2.05, 4.69) is 21.5 Å². The summed E-state index contributed by atoms with van der Waals surface area (Å²) < 4.78 is 36.3. The predicted octanol–water partition coefficient (Wildman–Crippen LogP) is 2.00. The summed E-state index contributed by atoms with van der Waals surface area (Å²) in [7, 11) is -1.83. The number of morpholine rings is 1. The smallest absolute Gasteiger partial charge is 0.266 e. The first-order chi connectivity index (χ1) is 15.7. The van der Waals surface area contributed by atoms with E-state index in [-0.39, 0.29) is 16.8 Å². The summed E-state index contributed by atoms with van der Waals surface area (Å²) >= 11 is 1.31. The number of carbonyl (C=O) groups is 1. The number of thiazole rings is 1. The van der Waals surface area contributed by atoms with Crippen molar-refractivity contribution in [3.63, 3.8) is 0 Å². The van der Waals surface area contributed by atoms with E-state index in [1.165, 1.54) is 11.3 Å². The van der Waals surface area contributed by atoms with Gasteiger partial charge in [0.15, 0.2) is 0 Å². The first-order valence-electron chi connectivity index (χ1n) is 11.5. The zero-order valence-corrected chi connectivity index (χ0v) is 21.4. The molecule has 1 N–H and O–H groups in total. The summed E-state index contributed by atoms with van der Waals surface area (Å²) in [6.45, 7) is 10.3. The van der Waals surface area contributed by atoms with Crippen LogP contribution >= 0.6 is 11.3 Å². The van der Waals surface area contributed by atoms with E-state index in [1.807, 2.05) is 18.5 Å². The van der Waals surface area contributed by atoms with Crippen LogP contribution in [0, 0.1) is 13.8 Å². The van der Waals surface area contributed by atoms with Crippen LogP contribution in [0.25, 0.3) is 10.7 Å². The minimum atomic E-state index is -3.67. The lowest BCUT2D eigenvalue weighted by Crippen LogP contribution is -2.40. The second-order valence-electron chi connectivity index (χ2n) is 8.65. The third-order valence-corrected chi connectivity index (χ3v) is 9.41. The summed E-state index contributed by atoms with van der Waals surface area (Å²) in [5, 5.41) is 0.643. The van der Waals surface area contributed by atoms with Gasteiger partial charge in [0.25, 0.3) is 5.91 Å². The first-order valence-corrected chi connectivity index (χ1v) is 13.8. The summed E-state index contributed by atoms with van der Waals surface area (Å²) in [4.78, 5) is 22.5. The van der Waals surface area contributed by atoms with Crippen LogP contribution in [0.15, 0.2) is 11.0 Å². The molecule has 0 bridgehead atoms. The molecule has 0 spiro atoms. The fourth-order valence-corrected chi connectivity index (χ4v) is 7.04. The Morgan fingerprint density at radius 2 is 2.00 bits per heavy atom. The van der Waals surface area contributed by atoms with E-state index < -0.39 is 10.0 Å². The van der Waals surface area contributed by atoms with Crippen LogP contribution in [-0.4, -0.2) is 85.7 Å². The fraction of sp³-hybridized carbons (Fsp3) is 0.636. The average molecular weight is 496 g/mol. The molecule has 2 aromatic rings. The highest BCUT2D eigenvalue weighted by Gasteiger charge is 2.29. The van der Waals surface area contributed by atoms with Crippen molar-refractivity contribution in [3.8, 4) is 10.7 Å². The maximum absolute atomic E-state index is 13.2. The van der Waals surface area contributed by atoms with Gasteiger partial charge in [-0.2, -0.15) is 0 Å². The number of likely N-dealkylation sites (N-methyl/N-ethyl adjacent to an activating group) is 1. The Morgan fingerprint density at radius 3 is 2.70 bits per heavy atom. The molecule has 2 saturated heterocycles.